The molecule has 0 spiro atoms. The van der Waals surface area contributed by atoms with Gasteiger partial charge >= 0.3 is 0 Å². The molecule has 3 heteroatoms. The normalized spacial score (nSPS) is 17.1. The fraction of sp³-hybridized carbons (Fsp3) is 0.195. The molecule has 3 nitrogen and oxygen atoms in total. The van der Waals surface area contributed by atoms with Gasteiger partial charge in [-0.2, -0.15) is 0 Å². The molecule has 44 heavy (non-hydrogen) atoms. The van der Waals surface area contributed by atoms with Gasteiger partial charge in [-0.3, -0.25) is 4.98 Å². The average Bonchev–Trinajstić information content (AvgIpc) is 3.50. The van der Waals surface area contributed by atoms with Crippen molar-refractivity contribution in [1.82, 2.24) is 9.55 Å². The highest BCUT2D eigenvalue weighted by molar-refractivity contribution is 6.14. The molecule has 2 aliphatic carbocycles. The second kappa shape index (κ2) is 8.83. The fourth-order valence-electron chi connectivity index (χ4n) is 8.37. The van der Waals surface area contributed by atoms with Gasteiger partial charge in [0, 0.05) is 44.9 Å². The lowest BCUT2D eigenvalue weighted by molar-refractivity contribution is 0.585. The van der Waals surface area contributed by atoms with Crippen molar-refractivity contribution >= 4 is 44.6 Å². The van der Waals surface area contributed by atoms with E-state index in [9.17, 15) is 0 Å². The van der Waals surface area contributed by atoms with E-state index in [2.05, 4.69) is 139 Å². The SMILES string of the molecule is CC1(C)C2=C(C=CCC2)n2c3ccc(N(c4cccnc4)c4ccc5c(c4)C(C)(C)c4ccccc4-5)cc3c3cccc1c32. The van der Waals surface area contributed by atoms with Gasteiger partial charge in [0.1, 0.15) is 0 Å². The Bertz CT molecular complexity index is 2230. The van der Waals surface area contributed by atoms with E-state index in [1.54, 1.807) is 5.57 Å². The summed E-state index contributed by atoms with van der Waals surface area (Å²) in [7, 11) is 0. The summed E-state index contributed by atoms with van der Waals surface area (Å²) in [4.78, 5) is 6.91. The maximum Gasteiger partial charge on any atom is 0.0644 e. The highest BCUT2D eigenvalue weighted by atomic mass is 15.1. The number of rotatable bonds is 3. The molecule has 2 aromatic heterocycles. The van der Waals surface area contributed by atoms with E-state index in [-0.39, 0.29) is 10.8 Å². The van der Waals surface area contributed by atoms with Gasteiger partial charge in [-0.25, -0.2) is 0 Å². The zero-order chi connectivity index (χ0) is 29.8. The lowest BCUT2D eigenvalue weighted by Crippen LogP contribution is -2.28. The average molecular weight is 570 g/mol. The number of anilines is 3. The molecule has 4 aromatic carbocycles. The van der Waals surface area contributed by atoms with Crippen LogP contribution in [0.4, 0.5) is 17.1 Å². The lowest BCUT2D eigenvalue weighted by atomic mass is 9.71. The Labute approximate surface area is 258 Å². The Hall–Kier alpha value is -4.89. The van der Waals surface area contributed by atoms with Crippen molar-refractivity contribution in [3.8, 4) is 11.1 Å². The first kappa shape index (κ1) is 25.6. The van der Waals surface area contributed by atoms with Crippen molar-refractivity contribution in [1.29, 1.82) is 0 Å². The predicted octanol–water partition coefficient (Wildman–Crippen LogP) is 10.8. The van der Waals surface area contributed by atoms with Crippen LogP contribution in [0.2, 0.25) is 0 Å². The number of allylic oxidation sites excluding steroid dienone is 4. The van der Waals surface area contributed by atoms with Crippen molar-refractivity contribution in [2.75, 3.05) is 4.90 Å². The maximum atomic E-state index is 4.54. The third kappa shape index (κ3) is 3.30. The predicted molar refractivity (Wildman–Crippen MR) is 184 cm³/mol. The molecule has 214 valence electrons. The molecule has 1 aliphatic heterocycles. The summed E-state index contributed by atoms with van der Waals surface area (Å²) >= 11 is 0. The number of aromatic nitrogens is 2. The first-order chi connectivity index (χ1) is 21.4. The summed E-state index contributed by atoms with van der Waals surface area (Å²) in [6, 6.07) is 33.9. The largest absolute Gasteiger partial charge is 0.309 e. The van der Waals surface area contributed by atoms with Gasteiger partial charge in [-0.05, 0) is 94.8 Å². The number of pyridine rings is 1. The molecule has 3 aliphatic rings. The van der Waals surface area contributed by atoms with Crippen molar-refractivity contribution in [3.05, 3.63) is 138 Å². The number of nitrogens with zero attached hydrogens (tertiary/aromatic N) is 3. The maximum absolute atomic E-state index is 4.54. The van der Waals surface area contributed by atoms with E-state index < -0.39 is 0 Å². The Morgan fingerprint density at radius 1 is 0.682 bits per heavy atom. The van der Waals surface area contributed by atoms with Crippen molar-refractivity contribution in [2.45, 2.75) is 51.4 Å². The van der Waals surface area contributed by atoms with Gasteiger partial charge in [-0.15, -0.1) is 0 Å². The third-order valence-electron chi connectivity index (χ3n) is 10.6. The Morgan fingerprint density at radius 3 is 2.34 bits per heavy atom. The van der Waals surface area contributed by atoms with Gasteiger partial charge in [0.25, 0.3) is 0 Å². The van der Waals surface area contributed by atoms with Gasteiger partial charge in [-0.1, -0.05) is 82.3 Å². The first-order valence-electron chi connectivity index (χ1n) is 15.8. The van der Waals surface area contributed by atoms with Gasteiger partial charge in [0.2, 0.25) is 0 Å². The molecular weight excluding hydrogens is 534 g/mol. The topological polar surface area (TPSA) is 21.1 Å². The third-order valence-corrected chi connectivity index (χ3v) is 10.6. The molecule has 9 rings (SSSR count). The number of fused-ring (bicyclic) bond motifs is 7. The number of para-hydroxylation sites is 1. The van der Waals surface area contributed by atoms with Gasteiger partial charge < -0.3 is 9.47 Å². The molecule has 0 bridgehead atoms. The van der Waals surface area contributed by atoms with Crippen LogP contribution in [-0.4, -0.2) is 9.55 Å². The Kier molecular flexibility index (Phi) is 5.13. The van der Waals surface area contributed by atoms with E-state index >= 15 is 0 Å². The molecule has 0 saturated carbocycles. The minimum atomic E-state index is -0.0721. The number of benzene rings is 4. The fourth-order valence-corrected chi connectivity index (χ4v) is 8.37. The molecule has 0 atom stereocenters. The molecule has 0 unspecified atom stereocenters. The molecule has 6 aromatic rings. The van der Waals surface area contributed by atoms with Crippen LogP contribution >= 0.6 is 0 Å². The summed E-state index contributed by atoms with van der Waals surface area (Å²) < 4.78 is 2.53. The standard InChI is InChI=1S/C41H35N3/c1-40(2)33-14-6-5-12-29(33)30-20-18-27(24-36(30)40)43(28-11-10-22-42-25-28)26-19-21-37-32(23-26)31-13-9-16-35-39(31)44(37)38-17-8-7-15-34(38)41(35,3)4/h5-6,8-14,16-25H,7,15H2,1-4H3. The van der Waals surface area contributed by atoms with Crippen LogP contribution in [-0.2, 0) is 10.8 Å². The smallest absolute Gasteiger partial charge is 0.0644 e. The first-order valence-corrected chi connectivity index (χ1v) is 15.8. The number of hydrogen-bond acceptors (Lipinski definition) is 2. The van der Waals surface area contributed by atoms with Crippen molar-refractivity contribution < 1.29 is 0 Å². The molecule has 0 amide bonds. The van der Waals surface area contributed by atoms with E-state index in [4.69, 9.17) is 0 Å². The highest BCUT2D eigenvalue weighted by Gasteiger charge is 2.38. The molecular formula is C41H35N3. The second-order valence-corrected chi connectivity index (χ2v) is 13.6. The summed E-state index contributed by atoms with van der Waals surface area (Å²) in [5, 5.41) is 2.60. The summed E-state index contributed by atoms with van der Waals surface area (Å²) in [6.45, 7) is 9.50. The zero-order valence-corrected chi connectivity index (χ0v) is 25.7. The van der Waals surface area contributed by atoms with Gasteiger partial charge in [0.05, 0.1) is 22.9 Å². The quantitative estimate of drug-likeness (QED) is 0.211. The minimum absolute atomic E-state index is 0.00332. The van der Waals surface area contributed by atoms with Crippen LogP contribution in [0, 0.1) is 0 Å². The second-order valence-electron chi connectivity index (χ2n) is 13.6. The highest BCUT2D eigenvalue weighted by Crippen LogP contribution is 2.52. The van der Waals surface area contributed by atoms with Crippen LogP contribution in [0.1, 0.15) is 57.2 Å². The number of hydrogen-bond donors (Lipinski definition) is 0. The van der Waals surface area contributed by atoms with Crippen molar-refractivity contribution in [3.63, 3.8) is 0 Å². The van der Waals surface area contributed by atoms with Crippen LogP contribution in [0.3, 0.4) is 0 Å². The molecule has 0 fully saturated rings. The van der Waals surface area contributed by atoms with Gasteiger partial charge in [0.15, 0.2) is 0 Å². The van der Waals surface area contributed by atoms with Crippen molar-refractivity contribution in [2.24, 2.45) is 0 Å². The van der Waals surface area contributed by atoms with Crippen LogP contribution in [0.5, 0.6) is 0 Å². The van der Waals surface area contributed by atoms with Crippen LogP contribution in [0.15, 0.2) is 121 Å². The molecule has 0 saturated heterocycles. The van der Waals surface area contributed by atoms with E-state index in [1.165, 1.54) is 55.3 Å². The van der Waals surface area contributed by atoms with E-state index in [0.717, 1.165) is 29.9 Å². The van der Waals surface area contributed by atoms with E-state index in [1.807, 2.05) is 18.5 Å². The summed E-state index contributed by atoms with van der Waals surface area (Å²) in [5.74, 6) is 0. The lowest BCUT2D eigenvalue weighted by Gasteiger charge is -2.37. The Morgan fingerprint density at radius 2 is 1.48 bits per heavy atom. The van der Waals surface area contributed by atoms with Crippen LogP contribution in [0.25, 0.3) is 38.6 Å². The molecule has 3 heterocycles. The van der Waals surface area contributed by atoms with E-state index in [0.29, 0.717) is 0 Å². The summed E-state index contributed by atoms with van der Waals surface area (Å²) in [5.41, 5.74) is 15.6. The summed E-state index contributed by atoms with van der Waals surface area (Å²) in [6.07, 6.45) is 10.7. The minimum Gasteiger partial charge on any atom is -0.309 e. The zero-order valence-electron chi connectivity index (χ0n) is 25.7. The molecule has 0 N–H and O–H groups in total. The Balaban J connectivity index is 1.28. The monoisotopic (exact) mass is 569 g/mol. The van der Waals surface area contributed by atoms with Crippen LogP contribution < -0.4 is 4.90 Å². The molecule has 0 radical (unpaired) electrons.